The van der Waals surface area contributed by atoms with Crippen LogP contribution in [0.4, 0.5) is 0 Å². The van der Waals surface area contributed by atoms with Crippen LogP contribution < -0.4 is 4.74 Å². The summed E-state index contributed by atoms with van der Waals surface area (Å²) in [6, 6.07) is 8.08. The van der Waals surface area contributed by atoms with Crippen molar-refractivity contribution < 1.29 is 4.74 Å². The molecule has 0 aliphatic heterocycles. The van der Waals surface area contributed by atoms with Crippen LogP contribution in [0.25, 0.3) is 11.4 Å². The molecule has 0 spiro atoms. The minimum Gasteiger partial charge on any atom is -0.493 e. The summed E-state index contributed by atoms with van der Waals surface area (Å²) in [5, 5.41) is 0. The number of aromatic nitrogens is 2. The number of unbranched alkanes of at least 4 members (excludes halogenated alkanes) is 7. The fraction of sp³-hybridized carbons (Fsp3) is 0.565. The van der Waals surface area contributed by atoms with Crippen LogP contribution in [0.5, 0.6) is 5.75 Å². The summed E-state index contributed by atoms with van der Waals surface area (Å²) in [6.07, 6.45) is 16.3. The van der Waals surface area contributed by atoms with Gasteiger partial charge in [0.25, 0.3) is 0 Å². The Kier molecular flexibility index (Phi) is 9.78. The van der Waals surface area contributed by atoms with Gasteiger partial charge in [-0.3, -0.25) is 0 Å². The third kappa shape index (κ3) is 7.15. The van der Waals surface area contributed by atoms with E-state index in [4.69, 9.17) is 4.74 Å². The summed E-state index contributed by atoms with van der Waals surface area (Å²) in [5.41, 5.74) is 2.21. The van der Waals surface area contributed by atoms with Crippen molar-refractivity contribution in [2.45, 2.75) is 78.1 Å². The van der Waals surface area contributed by atoms with E-state index in [-0.39, 0.29) is 0 Å². The molecule has 142 valence electrons. The molecule has 0 saturated heterocycles. The van der Waals surface area contributed by atoms with Gasteiger partial charge in [-0.2, -0.15) is 0 Å². The number of hydrogen-bond donors (Lipinski definition) is 0. The van der Waals surface area contributed by atoms with E-state index in [2.05, 4.69) is 23.8 Å². The Hall–Kier alpha value is -1.90. The maximum Gasteiger partial charge on any atom is 0.162 e. The van der Waals surface area contributed by atoms with Crippen LogP contribution in [-0.4, -0.2) is 16.6 Å². The lowest BCUT2D eigenvalue weighted by Crippen LogP contribution is -2.00. The molecule has 0 bridgehead atoms. The molecule has 0 N–H and O–H groups in total. The number of ether oxygens (including phenoxy) is 1. The molecule has 3 nitrogen and oxygen atoms in total. The summed E-state index contributed by atoms with van der Waals surface area (Å²) in [7, 11) is 0. The first-order valence-corrected chi connectivity index (χ1v) is 10.4. The van der Waals surface area contributed by atoms with Gasteiger partial charge in [-0.25, -0.2) is 9.97 Å². The molecular weight excluding hydrogens is 320 g/mol. The van der Waals surface area contributed by atoms with Crippen LogP contribution in [0.3, 0.4) is 0 Å². The molecule has 0 radical (unpaired) electrons. The maximum absolute atomic E-state index is 5.99. The second-order valence-electron chi connectivity index (χ2n) is 6.98. The number of aryl methyl sites for hydroxylation is 1. The summed E-state index contributed by atoms with van der Waals surface area (Å²) >= 11 is 0. The van der Waals surface area contributed by atoms with E-state index < -0.39 is 0 Å². The van der Waals surface area contributed by atoms with Crippen LogP contribution in [0.15, 0.2) is 36.7 Å². The Bertz CT molecular complexity index is 610. The highest BCUT2D eigenvalue weighted by Crippen LogP contribution is 2.27. The zero-order valence-electron chi connectivity index (χ0n) is 16.5. The molecular formula is C23H34N2O. The standard InChI is InChI=1S/C23H34N2O/c1-3-5-7-9-10-14-20-18-24-23(25-19-20)21-15-11-12-16-22(21)26-17-13-8-6-4-2/h11-12,15-16,18-19H,3-10,13-14,17H2,1-2H3. The SMILES string of the molecule is CCCCCCCc1cnc(-c2ccccc2OCCCCCC)nc1. The molecule has 0 aliphatic carbocycles. The largest absolute Gasteiger partial charge is 0.493 e. The first-order chi connectivity index (χ1) is 12.8. The highest BCUT2D eigenvalue weighted by atomic mass is 16.5. The molecule has 0 aliphatic rings. The summed E-state index contributed by atoms with van der Waals surface area (Å²) in [4.78, 5) is 9.18. The van der Waals surface area contributed by atoms with Gasteiger partial charge in [0, 0.05) is 12.4 Å². The van der Waals surface area contributed by atoms with Crippen molar-refractivity contribution in [1.82, 2.24) is 9.97 Å². The third-order valence-corrected chi connectivity index (χ3v) is 4.66. The van der Waals surface area contributed by atoms with Gasteiger partial charge in [0.15, 0.2) is 5.82 Å². The van der Waals surface area contributed by atoms with E-state index in [1.165, 1.54) is 56.9 Å². The smallest absolute Gasteiger partial charge is 0.162 e. The van der Waals surface area contributed by atoms with Crippen molar-refractivity contribution >= 4 is 0 Å². The van der Waals surface area contributed by atoms with Crippen LogP contribution in [0.1, 0.15) is 77.2 Å². The topological polar surface area (TPSA) is 35.0 Å². The molecule has 2 rings (SSSR count). The zero-order valence-corrected chi connectivity index (χ0v) is 16.5. The van der Waals surface area contributed by atoms with Crippen LogP contribution in [-0.2, 0) is 6.42 Å². The lowest BCUT2D eigenvalue weighted by Gasteiger charge is -2.11. The Morgan fingerprint density at radius 3 is 2.15 bits per heavy atom. The van der Waals surface area contributed by atoms with Crippen molar-refractivity contribution in [2.75, 3.05) is 6.61 Å². The van der Waals surface area contributed by atoms with E-state index in [1.54, 1.807) is 0 Å². The normalized spacial score (nSPS) is 10.8. The van der Waals surface area contributed by atoms with Gasteiger partial charge in [0.2, 0.25) is 0 Å². The van der Waals surface area contributed by atoms with Crippen LogP contribution in [0, 0.1) is 0 Å². The average Bonchev–Trinajstić information content (AvgIpc) is 2.69. The number of nitrogens with zero attached hydrogens (tertiary/aromatic N) is 2. The maximum atomic E-state index is 5.99. The van der Waals surface area contributed by atoms with E-state index in [1.807, 2.05) is 36.7 Å². The monoisotopic (exact) mass is 354 g/mol. The number of para-hydroxylation sites is 1. The van der Waals surface area contributed by atoms with E-state index >= 15 is 0 Å². The second kappa shape index (κ2) is 12.5. The van der Waals surface area contributed by atoms with Gasteiger partial charge in [0.1, 0.15) is 5.75 Å². The average molecular weight is 355 g/mol. The molecule has 0 unspecified atom stereocenters. The van der Waals surface area contributed by atoms with Gasteiger partial charge in [0.05, 0.1) is 12.2 Å². The Balaban J connectivity index is 1.89. The minimum atomic E-state index is 0.754. The van der Waals surface area contributed by atoms with E-state index in [0.29, 0.717) is 0 Å². The quantitative estimate of drug-likeness (QED) is 0.379. The number of benzene rings is 1. The van der Waals surface area contributed by atoms with Crippen molar-refractivity contribution in [3.63, 3.8) is 0 Å². The number of hydrogen-bond acceptors (Lipinski definition) is 3. The fourth-order valence-corrected chi connectivity index (χ4v) is 3.04. The van der Waals surface area contributed by atoms with Crippen molar-refractivity contribution in [3.05, 3.63) is 42.2 Å². The first kappa shape index (κ1) is 20.4. The predicted octanol–water partition coefficient (Wildman–Crippen LogP) is 6.62. The minimum absolute atomic E-state index is 0.754. The molecule has 0 amide bonds. The second-order valence-corrected chi connectivity index (χ2v) is 6.98. The molecule has 3 heteroatoms. The Morgan fingerprint density at radius 2 is 1.42 bits per heavy atom. The molecule has 2 aromatic rings. The highest BCUT2D eigenvalue weighted by Gasteiger charge is 2.08. The van der Waals surface area contributed by atoms with Gasteiger partial charge in [-0.15, -0.1) is 0 Å². The van der Waals surface area contributed by atoms with Crippen molar-refractivity contribution in [2.24, 2.45) is 0 Å². The van der Waals surface area contributed by atoms with Crippen molar-refractivity contribution in [1.29, 1.82) is 0 Å². The van der Waals surface area contributed by atoms with Crippen molar-refractivity contribution in [3.8, 4) is 17.1 Å². The van der Waals surface area contributed by atoms with E-state index in [9.17, 15) is 0 Å². The lowest BCUT2D eigenvalue weighted by molar-refractivity contribution is 0.306. The Morgan fingerprint density at radius 1 is 0.769 bits per heavy atom. The van der Waals surface area contributed by atoms with Gasteiger partial charge in [-0.05, 0) is 37.0 Å². The summed E-state index contributed by atoms with van der Waals surface area (Å²) in [6.45, 7) is 5.23. The van der Waals surface area contributed by atoms with Gasteiger partial charge >= 0.3 is 0 Å². The molecule has 1 aromatic heterocycles. The predicted molar refractivity (Wildman–Crippen MR) is 110 cm³/mol. The van der Waals surface area contributed by atoms with Crippen LogP contribution in [0.2, 0.25) is 0 Å². The zero-order chi connectivity index (χ0) is 18.5. The molecule has 0 atom stereocenters. The number of rotatable bonds is 13. The summed E-state index contributed by atoms with van der Waals surface area (Å²) < 4.78 is 5.99. The third-order valence-electron chi connectivity index (χ3n) is 4.66. The van der Waals surface area contributed by atoms with E-state index in [0.717, 1.165) is 36.6 Å². The van der Waals surface area contributed by atoms with Gasteiger partial charge < -0.3 is 4.74 Å². The molecule has 26 heavy (non-hydrogen) atoms. The van der Waals surface area contributed by atoms with Crippen LogP contribution >= 0.6 is 0 Å². The fourth-order valence-electron chi connectivity index (χ4n) is 3.04. The molecule has 0 fully saturated rings. The Labute approximate surface area is 159 Å². The molecule has 1 heterocycles. The van der Waals surface area contributed by atoms with Gasteiger partial charge in [-0.1, -0.05) is 70.9 Å². The lowest BCUT2D eigenvalue weighted by atomic mass is 10.1. The first-order valence-electron chi connectivity index (χ1n) is 10.4. The summed E-state index contributed by atoms with van der Waals surface area (Å²) in [5.74, 6) is 1.64. The molecule has 0 saturated carbocycles. The highest BCUT2D eigenvalue weighted by molar-refractivity contribution is 5.63. The molecule has 1 aromatic carbocycles.